The number of hydrogen-bond acceptors (Lipinski definition) is 4. The fourth-order valence-corrected chi connectivity index (χ4v) is 2.00. The van der Waals surface area contributed by atoms with Crippen LogP contribution in [0.5, 0.6) is 0 Å². The minimum atomic E-state index is -3.87. The highest BCUT2D eigenvalue weighted by Crippen LogP contribution is 2.19. The number of carbonyl (C=O) groups excluding carboxylic acids is 1. The van der Waals surface area contributed by atoms with E-state index in [9.17, 15) is 22.0 Å². The van der Waals surface area contributed by atoms with Crippen molar-refractivity contribution in [2.45, 2.75) is 24.7 Å². The Kier molecular flexibility index (Phi) is 6.19. The quantitative estimate of drug-likeness (QED) is 0.738. The Labute approximate surface area is 121 Å². The van der Waals surface area contributed by atoms with Crippen molar-refractivity contribution in [2.24, 2.45) is 5.14 Å². The molecule has 0 aliphatic heterocycles. The van der Waals surface area contributed by atoms with Crippen molar-refractivity contribution >= 4 is 21.6 Å². The summed E-state index contributed by atoms with van der Waals surface area (Å²) in [5, 5.41) is 7.49. The average Bonchev–Trinajstić information content (AvgIpc) is 2.36. The summed E-state index contributed by atoms with van der Waals surface area (Å²) in [5.41, 5.74) is 0.935. The minimum Gasteiger partial charge on any atom is -0.375 e. The van der Waals surface area contributed by atoms with Gasteiger partial charge in [-0.1, -0.05) is 6.07 Å². The number of aryl methyl sites for hydroxylation is 1. The molecule has 0 fully saturated rings. The first kappa shape index (κ1) is 17.5. The van der Waals surface area contributed by atoms with E-state index in [2.05, 4.69) is 10.1 Å². The first-order valence-corrected chi connectivity index (χ1v) is 7.54. The van der Waals surface area contributed by atoms with Crippen LogP contribution in [0.4, 0.5) is 14.5 Å². The molecule has 118 valence electrons. The maximum atomic E-state index is 11.8. The molecule has 0 aromatic heterocycles. The summed E-state index contributed by atoms with van der Waals surface area (Å²) in [4.78, 5) is 11.5. The van der Waals surface area contributed by atoms with Crippen molar-refractivity contribution < 1.29 is 26.7 Å². The highest BCUT2D eigenvalue weighted by molar-refractivity contribution is 7.89. The predicted molar refractivity (Wildman–Crippen MR) is 72.6 cm³/mol. The third-order valence-corrected chi connectivity index (χ3v) is 3.44. The van der Waals surface area contributed by atoms with Crippen molar-refractivity contribution in [3.05, 3.63) is 23.8 Å². The van der Waals surface area contributed by atoms with E-state index in [1.165, 1.54) is 18.2 Å². The van der Waals surface area contributed by atoms with E-state index >= 15 is 0 Å². The van der Waals surface area contributed by atoms with E-state index < -0.39 is 29.0 Å². The zero-order chi connectivity index (χ0) is 16.0. The second-order valence-electron chi connectivity index (χ2n) is 4.29. The SMILES string of the molecule is Cc1ccc(S(N)(=O)=O)cc1NC(=O)CCOCC(F)F. The molecule has 0 heterocycles. The highest BCUT2D eigenvalue weighted by atomic mass is 32.2. The maximum Gasteiger partial charge on any atom is 0.261 e. The Morgan fingerprint density at radius 3 is 2.67 bits per heavy atom. The lowest BCUT2D eigenvalue weighted by atomic mass is 10.2. The lowest BCUT2D eigenvalue weighted by Gasteiger charge is -2.10. The van der Waals surface area contributed by atoms with Gasteiger partial charge in [-0.05, 0) is 24.6 Å². The molecule has 9 heteroatoms. The van der Waals surface area contributed by atoms with Crippen molar-refractivity contribution in [1.82, 2.24) is 0 Å². The number of rotatable bonds is 7. The fraction of sp³-hybridized carbons (Fsp3) is 0.417. The number of primary sulfonamides is 1. The zero-order valence-electron chi connectivity index (χ0n) is 11.3. The first-order chi connectivity index (χ1) is 9.70. The van der Waals surface area contributed by atoms with Gasteiger partial charge in [0.05, 0.1) is 17.9 Å². The van der Waals surface area contributed by atoms with Crippen molar-refractivity contribution in [3.8, 4) is 0 Å². The number of halogens is 2. The number of ether oxygens (including phenoxy) is 1. The number of sulfonamides is 1. The predicted octanol–water partition coefficient (Wildman–Crippen LogP) is 1.25. The van der Waals surface area contributed by atoms with E-state index in [0.717, 1.165) is 0 Å². The van der Waals surface area contributed by atoms with Crippen molar-refractivity contribution in [2.75, 3.05) is 18.5 Å². The van der Waals surface area contributed by atoms with Gasteiger partial charge in [0.2, 0.25) is 15.9 Å². The van der Waals surface area contributed by atoms with Gasteiger partial charge < -0.3 is 10.1 Å². The van der Waals surface area contributed by atoms with E-state index in [-0.39, 0.29) is 17.9 Å². The van der Waals surface area contributed by atoms with Crippen LogP contribution >= 0.6 is 0 Å². The minimum absolute atomic E-state index is 0.119. The summed E-state index contributed by atoms with van der Waals surface area (Å²) in [6.45, 7) is 0.799. The molecule has 1 rings (SSSR count). The first-order valence-electron chi connectivity index (χ1n) is 5.99. The van der Waals surface area contributed by atoms with Crippen LogP contribution in [0.3, 0.4) is 0 Å². The van der Waals surface area contributed by atoms with Gasteiger partial charge in [0.15, 0.2) is 0 Å². The molecule has 0 radical (unpaired) electrons. The summed E-state index contributed by atoms with van der Waals surface area (Å²) in [5.74, 6) is -0.473. The van der Waals surface area contributed by atoms with Gasteiger partial charge in [-0.15, -0.1) is 0 Å². The molecule has 0 aliphatic carbocycles. The number of hydrogen-bond donors (Lipinski definition) is 2. The molecule has 6 nitrogen and oxygen atoms in total. The smallest absolute Gasteiger partial charge is 0.261 e. The van der Waals surface area contributed by atoms with Crippen molar-refractivity contribution in [3.63, 3.8) is 0 Å². The molecular formula is C12H16F2N2O4S. The molecule has 0 atom stereocenters. The van der Waals surface area contributed by atoms with Crippen LogP contribution in [-0.2, 0) is 19.6 Å². The Hall–Kier alpha value is -1.58. The number of alkyl halides is 2. The summed E-state index contributed by atoms with van der Waals surface area (Å²) in [6, 6.07) is 4.07. The molecule has 0 aliphatic rings. The number of amides is 1. The van der Waals surface area contributed by atoms with Crippen LogP contribution < -0.4 is 10.5 Å². The average molecular weight is 322 g/mol. The van der Waals surface area contributed by atoms with Gasteiger partial charge in [-0.2, -0.15) is 0 Å². The molecule has 1 aromatic rings. The monoisotopic (exact) mass is 322 g/mol. The van der Waals surface area contributed by atoms with Gasteiger partial charge in [0.1, 0.15) is 6.61 Å². The topological polar surface area (TPSA) is 98.5 Å². The molecule has 1 amide bonds. The van der Waals surface area contributed by atoms with Crippen LogP contribution in [0, 0.1) is 6.92 Å². The Morgan fingerprint density at radius 2 is 2.10 bits per heavy atom. The Morgan fingerprint density at radius 1 is 1.43 bits per heavy atom. The third-order valence-electron chi connectivity index (χ3n) is 2.53. The van der Waals surface area contributed by atoms with Crippen LogP contribution in [0.25, 0.3) is 0 Å². The largest absolute Gasteiger partial charge is 0.375 e. The van der Waals surface area contributed by atoms with Crippen LogP contribution in [0.1, 0.15) is 12.0 Å². The lowest BCUT2D eigenvalue weighted by molar-refractivity contribution is -0.117. The van der Waals surface area contributed by atoms with Gasteiger partial charge >= 0.3 is 0 Å². The summed E-state index contributed by atoms with van der Waals surface area (Å²) >= 11 is 0. The Bertz CT molecular complexity index is 605. The van der Waals surface area contributed by atoms with Gasteiger partial charge in [0.25, 0.3) is 6.43 Å². The number of nitrogens with one attached hydrogen (secondary N) is 1. The number of benzene rings is 1. The van der Waals surface area contributed by atoms with Crippen molar-refractivity contribution in [1.29, 1.82) is 0 Å². The van der Waals surface area contributed by atoms with Gasteiger partial charge in [-0.25, -0.2) is 22.3 Å². The second kappa shape index (κ2) is 7.43. The molecule has 0 bridgehead atoms. The van der Waals surface area contributed by atoms with E-state index in [1.54, 1.807) is 6.92 Å². The second-order valence-corrected chi connectivity index (χ2v) is 5.85. The summed E-state index contributed by atoms with van der Waals surface area (Å²) < 4.78 is 50.7. The van der Waals surface area contributed by atoms with Gasteiger partial charge in [0, 0.05) is 5.69 Å². The number of carbonyl (C=O) groups is 1. The van der Waals surface area contributed by atoms with E-state index in [1.807, 2.05) is 0 Å². The Balaban J connectivity index is 2.64. The lowest BCUT2D eigenvalue weighted by Crippen LogP contribution is -2.17. The van der Waals surface area contributed by atoms with Crippen LogP contribution in [-0.4, -0.2) is 34.0 Å². The molecule has 0 saturated heterocycles. The summed E-state index contributed by atoms with van der Waals surface area (Å²) in [7, 11) is -3.87. The normalized spacial score (nSPS) is 11.7. The molecule has 0 spiro atoms. The molecule has 0 saturated carbocycles. The fourth-order valence-electron chi connectivity index (χ4n) is 1.46. The van der Waals surface area contributed by atoms with E-state index in [4.69, 9.17) is 5.14 Å². The highest BCUT2D eigenvalue weighted by Gasteiger charge is 2.12. The zero-order valence-corrected chi connectivity index (χ0v) is 12.1. The maximum absolute atomic E-state index is 11.8. The number of anilines is 1. The third kappa shape index (κ3) is 6.15. The van der Waals surface area contributed by atoms with Crippen LogP contribution in [0.15, 0.2) is 23.1 Å². The number of nitrogens with two attached hydrogens (primary N) is 1. The van der Waals surface area contributed by atoms with Gasteiger partial charge in [-0.3, -0.25) is 4.79 Å². The molecular weight excluding hydrogens is 306 g/mol. The van der Waals surface area contributed by atoms with E-state index in [0.29, 0.717) is 11.3 Å². The molecule has 0 unspecified atom stereocenters. The summed E-state index contributed by atoms with van der Waals surface area (Å²) in [6.07, 6.45) is -2.70. The molecule has 3 N–H and O–H groups in total. The standard InChI is InChI=1S/C12H16F2N2O4S/c1-8-2-3-9(21(15,18)19)6-10(8)16-12(17)4-5-20-7-11(13)14/h2-3,6,11H,4-5,7H2,1H3,(H,16,17)(H2,15,18,19). The van der Waals surface area contributed by atoms with Crippen LogP contribution in [0.2, 0.25) is 0 Å². The molecule has 21 heavy (non-hydrogen) atoms. The molecule has 1 aromatic carbocycles.